The molecule has 0 saturated carbocycles. The van der Waals surface area contributed by atoms with E-state index >= 15 is 0 Å². The molecule has 0 unspecified atom stereocenters. The standard InChI is InChI=1S/C21H23NO4/c1-2-19(23)16-10-11-20-18(14-16)22(21(24)15-26-20)12-6-7-13-25-17-8-4-3-5-9-17/h3-5,8-11,14H,2,6-7,12-13,15H2,1H3. The highest BCUT2D eigenvalue weighted by molar-refractivity contribution is 6.01. The van der Waals surface area contributed by atoms with Gasteiger partial charge in [0.15, 0.2) is 12.4 Å². The zero-order chi connectivity index (χ0) is 18.4. The molecule has 3 rings (SSSR count). The summed E-state index contributed by atoms with van der Waals surface area (Å²) in [6.45, 7) is 3.05. The molecule has 0 saturated heterocycles. The largest absolute Gasteiger partial charge is 0.494 e. The lowest BCUT2D eigenvalue weighted by Gasteiger charge is -2.29. The second kappa shape index (κ2) is 8.52. The number of nitrogens with zero attached hydrogens (tertiary/aromatic N) is 1. The van der Waals surface area contributed by atoms with Crippen LogP contribution in [0.3, 0.4) is 0 Å². The quantitative estimate of drug-likeness (QED) is 0.534. The molecule has 0 atom stereocenters. The van der Waals surface area contributed by atoms with Gasteiger partial charge >= 0.3 is 0 Å². The van der Waals surface area contributed by atoms with Gasteiger partial charge in [0.05, 0.1) is 12.3 Å². The van der Waals surface area contributed by atoms with E-state index in [9.17, 15) is 9.59 Å². The maximum absolute atomic E-state index is 12.3. The number of rotatable bonds is 8. The molecule has 1 heterocycles. The van der Waals surface area contributed by atoms with Crippen LogP contribution in [0.2, 0.25) is 0 Å². The van der Waals surface area contributed by atoms with Gasteiger partial charge in [-0.05, 0) is 43.2 Å². The van der Waals surface area contributed by atoms with Crippen LogP contribution >= 0.6 is 0 Å². The molecule has 136 valence electrons. The second-order valence-electron chi connectivity index (χ2n) is 6.16. The Morgan fingerprint density at radius 1 is 1.15 bits per heavy atom. The first kappa shape index (κ1) is 18.0. The average Bonchev–Trinajstić information content (AvgIpc) is 2.69. The van der Waals surface area contributed by atoms with Gasteiger partial charge in [-0.25, -0.2) is 0 Å². The Hall–Kier alpha value is -2.82. The summed E-state index contributed by atoms with van der Waals surface area (Å²) in [6.07, 6.45) is 2.08. The molecule has 0 fully saturated rings. The van der Waals surface area contributed by atoms with Crippen LogP contribution in [-0.2, 0) is 4.79 Å². The van der Waals surface area contributed by atoms with Crippen molar-refractivity contribution in [3.8, 4) is 11.5 Å². The van der Waals surface area contributed by atoms with Crippen molar-refractivity contribution in [3.05, 3.63) is 54.1 Å². The van der Waals surface area contributed by atoms with Crippen molar-refractivity contribution in [1.29, 1.82) is 0 Å². The molecule has 0 spiro atoms. The second-order valence-corrected chi connectivity index (χ2v) is 6.16. The molecule has 2 aromatic carbocycles. The van der Waals surface area contributed by atoms with Crippen molar-refractivity contribution in [3.63, 3.8) is 0 Å². The van der Waals surface area contributed by atoms with E-state index in [1.807, 2.05) is 37.3 Å². The summed E-state index contributed by atoms with van der Waals surface area (Å²) < 4.78 is 11.2. The lowest BCUT2D eigenvalue weighted by molar-refractivity contribution is -0.121. The van der Waals surface area contributed by atoms with Crippen LogP contribution in [-0.4, -0.2) is 31.4 Å². The molecule has 0 bridgehead atoms. The Balaban J connectivity index is 1.59. The van der Waals surface area contributed by atoms with Gasteiger partial charge in [0.1, 0.15) is 11.5 Å². The van der Waals surface area contributed by atoms with Gasteiger partial charge in [0.25, 0.3) is 5.91 Å². The first-order valence-electron chi connectivity index (χ1n) is 8.97. The predicted molar refractivity (Wildman–Crippen MR) is 100 cm³/mol. The molecule has 2 aromatic rings. The molecule has 0 N–H and O–H groups in total. The number of carbonyl (C=O) groups is 2. The number of ether oxygens (including phenoxy) is 2. The van der Waals surface area contributed by atoms with Crippen molar-refractivity contribution >= 4 is 17.4 Å². The minimum absolute atomic E-state index is 0.0363. The fraction of sp³-hybridized carbons (Fsp3) is 0.333. The topological polar surface area (TPSA) is 55.8 Å². The molecule has 5 heteroatoms. The average molecular weight is 353 g/mol. The van der Waals surface area contributed by atoms with Crippen molar-refractivity contribution in [2.24, 2.45) is 0 Å². The maximum Gasteiger partial charge on any atom is 0.265 e. The van der Waals surface area contributed by atoms with Crippen LogP contribution in [0.25, 0.3) is 0 Å². The number of carbonyl (C=O) groups excluding carboxylic acids is 2. The number of anilines is 1. The van der Waals surface area contributed by atoms with E-state index < -0.39 is 0 Å². The van der Waals surface area contributed by atoms with Crippen LogP contribution in [0.5, 0.6) is 11.5 Å². The van der Waals surface area contributed by atoms with Crippen LogP contribution in [0.15, 0.2) is 48.5 Å². The molecule has 1 aliphatic rings. The summed E-state index contributed by atoms with van der Waals surface area (Å²) >= 11 is 0. The number of ketones is 1. The van der Waals surface area contributed by atoms with E-state index in [2.05, 4.69) is 0 Å². The zero-order valence-electron chi connectivity index (χ0n) is 14.9. The van der Waals surface area contributed by atoms with Crippen molar-refractivity contribution in [1.82, 2.24) is 0 Å². The van der Waals surface area contributed by atoms with Crippen LogP contribution in [0.4, 0.5) is 5.69 Å². The Labute approximate surface area is 153 Å². The third-order valence-electron chi connectivity index (χ3n) is 4.33. The predicted octanol–water partition coefficient (Wildman–Crippen LogP) is 3.86. The fourth-order valence-electron chi connectivity index (χ4n) is 2.90. The fourth-order valence-corrected chi connectivity index (χ4v) is 2.90. The van der Waals surface area contributed by atoms with E-state index in [1.54, 1.807) is 23.1 Å². The van der Waals surface area contributed by atoms with E-state index in [4.69, 9.17) is 9.47 Å². The Morgan fingerprint density at radius 3 is 2.73 bits per heavy atom. The van der Waals surface area contributed by atoms with Crippen LogP contribution in [0, 0.1) is 0 Å². The summed E-state index contributed by atoms with van der Waals surface area (Å²) in [4.78, 5) is 26.0. The van der Waals surface area contributed by atoms with Gasteiger partial charge in [0, 0.05) is 18.5 Å². The summed E-state index contributed by atoms with van der Waals surface area (Å²) in [5.41, 5.74) is 1.30. The SMILES string of the molecule is CCC(=O)c1ccc2c(c1)N(CCCCOc1ccccc1)C(=O)CO2. The van der Waals surface area contributed by atoms with Gasteiger partial charge < -0.3 is 14.4 Å². The minimum Gasteiger partial charge on any atom is -0.494 e. The molecular weight excluding hydrogens is 330 g/mol. The monoisotopic (exact) mass is 353 g/mol. The number of hydrogen-bond acceptors (Lipinski definition) is 4. The molecule has 1 amide bonds. The Kier molecular flexibility index (Phi) is 5.89. The van der Waals surface area contributed by atoms with E-state index in [1.165, 1.54) is 0 Å². The Bertz CT molecular complexity index is 773. The first-order valence-corrected chi connectivity index (χ1v) is 8.97. The van der Waals surface area contributed by atoms with Crippen LogP contribution in [0.1, 0.15) is 36.5 Å². The van der Waals surface area contributed by atoms with Gasteiger partial charge in [0.2, 0.25) is 0 Å². The smallest absolute Gasteiger partial charge is 0.265 e. The minimum atomic E-state index is -0.0809. The van der Waals surface area contributed by atoms with Crippen molar-refractivity contribution in [2.45, 2.75) is 26.2 Å². The van der Waals surface area contributed by atoms with E-state index in [0.29, 0.717) is 36.6 Å². The molecule has 0 aliphatic carbocycles. The molecule has 0 aromatic heterocycles. The van der Waals surface area contributed by atoms with Gasteiger partial charge in [-0.15, -0.1) is 0 Å². The summed E-state index contributed by atoms with van der Waals surface area (Å²) in [5, 5.41) is 0. The highest BCUT2D eigenvalue weighted by Crippen LogP contribution is 2.33. The summed E-state index contributed by atoms with van der Waals surface area (Å²) in [6, 6.07) is 15.0. The third-order valence-corrected chi connectivity index (χ3v) is 4.33. The molecular formula is C21H23NO4. The Morgan fingerprint density at radius 2 is 1.96 bits per heavy atom. The third kappa shape index (κ3) is 4.23. The number of para-hydroxylation sites is 1. The number of amides is 1. The highest BCUT2D eigenvalue weighted by Gasteiger charge is 2.26. The molecule has 5 nitrogen and oxygen atoms in total. The summed E-state index contributed by atoms with van der Waals surface area (Å²) in [7, 11) is 0. The number of unbranched alkanes of at least 4 members (excludes halogenated alkanes) is 1. The van der Waals surface area contributed by atoms with Gasteiger partial charge in [-0.3, -0.25) is 9.59 Å². The molecule has 0 radical (unpaired) electrons. The van der Waals surface area contributed by atoms with Crippen molar-refractivity contribution < 1.29 is 19.1 Å². The molecule has 1 aliphatic heterocycles. The lowest BCUT2D eigenvalue weighted by Crippen LogP contribution is -2.39. The van der Waals surface area contributed by atoms with Crippen LogP contribution < -0.4 is 14.4 Å². The summed E-state index contributed by atoms with van der Waals surface area (Å²) in [5.74, 6) is 1.48. The van der Waals surface area contributed by atoms with Crippen molar-refractivity contribution in [2.75, 3.05) is 24.7 Å². The highest BCUT2D eigenvalue weighted by atomic mass is 16.5. The molecule has 26 heavy (non-hydrogen) atoms. The van der Waals surface area contributed by atoms with E-state index in [-0.39, 0.29) is 18.3 Å². The maximum atomic E-state index is 12.3. The number of benzene rings is 2. The number of fused-ring (bicyclic) bond motifs is 1. The first-order chi connectivity index (χ1) is 12.7. The lowest BCUT2D eigenvalue weighted by atomic mass is 10.1. The van der Waals surface area contributed by atoms with Gasteiger partial charge in [-0.1, -0.05) is 25.1 Å². The normalized spacial score (nSPS) is 13.1. The van der Waals surface area contributed by atoms with Gasteiger partial charge in [-0.2, -0.15) is 0 Å². The number of Topliss-reactive ketones (excluding diaryl/α,β-unsaturated/α-hetero) is 1. The van der Waals surface area contributed by atoms with E-state index in [0.717, 1.165) is 18.6 Å². The zero-order valence-corrected chi connectivity index (χ0v) is 14.9. The number of hydrogen-bond donors (Lipinski definition) is 0.